The topological polar surface area (TPSA) is 25.6 Å². The molecule has 3 nitrogen and oxygen atoms in total. The molecule has 0 N–H and O–H groups in total. The SMILES string of the molecule is CN1Cc2occc2C(Oc2ccc3ccccc3c2)C1. The highest BCUT2D eigenvalue weighted by molar-refractivity contribution is 5.83. The molecule has 0 saturated carbocycles. The Morgan fingerprint density at radius 3 is 2.86 bits per heavy atom. The summed E-state index contributed by atoms with van der Waals surface area (Å²) in [5.74, 6) is 1.91. The van der Waals surface area contributed by atoms with Crippen molar-refractivity contribution in [2.24, 2.45) is 0 Å². The van der Waals surface area contributed by atoms with E-state index in [0.29, 0.717) is 0 Å². The zero-order chi connectivity index (χ0) is 14.2. The van der Waals surface area contributed by atoms with Gasteiger partial charge in [-0.1, -0.05) is 30.3 Å². The highest BCUT2D eigenvalue weighted by Crippen LogP contribution is 2.32. The molecule has 1 aliphatic heterocycles. The fraction of sp³-hybridized carbons (Fsp3) is 0.222. The Bertz CT molecular complexity index is 777. The summed E-state index contributed by atoms with van der Waals surface area (Å²) in [6.07, 6.45) is 1.78. The molecule has 2 heterocycles. The summed E-state index contributed by atoms with van der Waals surface area (Å²) in [4.78, 5) is 2.22. The van der Waals surface area contributed by atoms with Crippen molar-refractivity contribution in [3.05, 3.63) is 66.1 Å². The van der Waals surface area contributed by atoms with Crippen LogP contribution < -0.4 is 4.74 Å². The van der Waals surface area contributed by atoms with Gasteiger partial charge in [0.15, 0.2) is 0 Å². The Labute approximate surface area is 123 Å². The summed E-state index contributed by atoms with van der Waals surface area (Å²) in [6.45, 7) is 1.72. The second-order valence-electron chi connectivity index (χ2n) is 5.61. The molecule has 1 atom stereocenters. The maximum atomic E-state index is 6.22. The van der Waals surface area contributed by atoms with E-state index in [9.17, 15) is 0 Å². The minimum atomic E-state index is 0.0265. The first-order chi connectivity index (χ1) is 10.3. The van der Waals surface area contributed by atoms with Crippen molar-refractivity contribution in [1.29, 1.82) is 0 Å². The monoisotopic (exact) mass is 279 g/mol. The summed E-state index contributed by atoms with van der Waals surface area (Å²) >= 11 is 0. The van der Waals surface area contributed by atoms with Crippen LogP contribution >= 0.6 is 0 Å². The van der Waals surface area contributed by atoms with Gasteiger partial charge in [0, 0.05) is 12.1 Å². The van der Waals surface area contributed by atoms with Gasteiger partial charge in [-0.2, -0.15) is 0 Å². The van der Waals surface area contributed by atoms with Gasteiger partial charge in [-0.3, -0.25) is 4.90 Å². The second-order valence-corrected chi connectivity index (χ2v) is 5.61. The molecule has 2 aromatic carbocycles. The number of nitrogens with zero attached hydrogens (tertiary/aromatic N) is 1. The van der Waals surface area contributed by atoms with E-state index in [-0.39, 0.29) is 6.10 Å². The third-order valence-electron chi connectivity index (χ3n) is 4.02. The molecule has 0 saturated heterocycles. The van der Waals surface area contributed by atoms with Gasteiger partial charge in [0.2, 0.25) is 0 Å². The number of benzene rings is 2. The van der Waals surface area contributed by atoms with E-state index >= 15 is 0 Å². The summed E-state index contributed by atoms with van der Waals surface area (Å²) in [5.41, 5.74) is 1.17. The number of rotatable bonds is 2. The Balaban J connectivity index is 1.66. The van der Waals surface area contributed by atoms with Gasteiger partial charge in [0.1, 0.15) is 17.6 Å². The van der Waals surface area contributed by atoms with Crippen LogP contribution in [0.5, 0.6) is 5.75 Å². The van der Waals surface area contributed by atoms with Crippen LogP contribution in [-0.4, -0.2) is 18.5 Å². The van der Waals surface area contributed by atoms with Crippen LogP contribution in [-0.2, 0) is 6.54 Å². The average molecular weight is 279 g/mol. The predicted molar refractivity (Wildman–Crippen MR) is 82.4 cm³/mol. The van der Waals surface area contributed by atoms with Crippen molar-refractivity contribution in [2.75, 3.05) is 13.6 Å². The first-order valence-corrected chi connectivity index (χ1v) is 7.20. The molecule has 0 amide bonds. The van der Waals surface area contributed by atoms with Crippen LogP contribution in [0.25, 0.3) is 10.8 Å². The lowest BCUT2D eigenvalue weighted by Crippen LogP contribution is -2.32. The zero-order valence-corrected chi connectivity index (χ0v) is 12.0. The molecule has 0 bridgehead atoms. The fourth-order valence-corrected chi connectivity index (χ4v) is 2.96. The Kier molecular flexibility index (Phi) is 2.93. The molecule has 106 valence electrons. The average Bonchev–Trinajstić information content (AvgIpc) is 2.95. The largest absolute Gasteiger partial charge is 0.484 e. The molecule has 4 rings (SSSR count). The van der Waals surface area contributed by atoms with Crippen molar-refractivity contribution in [1.82, 2.24) is 4.90 Å². The van der Waals surface area contributed by atoms with Crippen LogP contribution in [0.15, 0.2) is 59.2 Å². The van der Waals surface area contributed by atoms with Crippen LogP contribution in [0.4, 0.5) is 0 Å². The molecule has 21 heavy (non-hydrogen) atoms. The second kappa shape index (κ2) is 4.93. The molecule has 1 unspecified atom stereocenters. The number of hydrogen-bond donors (Lipinski definition) is 0. The van der Waals surface area contributed by atoms with E-state index in [2.05, 4.69) is 48.3 Å². The van der Waals surface area contributed by atoms with Crippen molar-refractivity contribution in [3.63, 3.8) is 0 Å². The third-order valence-corrected chi connectivity index (χ3v) is 4.02. The van der Waals surface area contributed by atoms with Crippen molar-refractivity contribution >= 4 is 10.8 Å². The maximum Gasteiger partial charge on any atom is 0.140 e. The molecule has 3 aromatic rings. The van der Waals surface area contributed by atoms with Crippen molar-refractivity contribution in [2.45, 2.75) is 12.6 Å². The van der Waals surface area contributed by atoms with Crippen LogP contribution in [0, 0.1) is 0 Å². The van der Waals surface area contributed by atoms with Crippen LogP contribution in [0.2, 0.25) is 0 Å². The van der Waals surface area contributed by atoms with Crippen LogP contribution in [0.1, 0.15) is 17.4 Å². The number of hydrogen-bond acceptors (Lipinski definition) is 3. The highest BCUT2D eigenvalue weighted by Gasteiger charge is 2.27. The van der Waals surface area contributed by atoms with E-state index in [0.717, 1.165) is 24.6 Å². The number of fused-ring (bicyclic) bond motifs is 2. The highest BCUT2D eigenvalue weighted by atomic mass is 16.5. The predicted octanol–water partition coefficient (Wildman–Crippen LogP) is 4.00. The normalized spacial score (nSPS) is 18.6. The van der Waals surface area contributed by atoms with Gasteiger partial charge in [-0.25, -0.2) is 0 Å². The molecule has 0 radical (unpaired) electrons. The van der Waals surface area contributed by atoms with E-state index in [1.54, 1.807) is 6.26 Å². The standard InChI is InChI=1S/C18H17NO2/c1-19-11-17-16(8-9-20-17)18(12-19)21-15-7-6-13-4-2-3-5-14(13)10-15/h2-10,18H,11-12H2,1H3. The fourth-order valence-electron chi connectivity index (χ4n) is 2.96. The summed E-state index contributed by atoms with van der Waals surface area (Å²) < 4.78 is 11.8. The molecule has 1 aliphatic rings. The summed E-state index contributed by atoms with van der Waals surface area (Å²) in [7, 11) is 2.09. The quantitative estimate of drug-likeness (QED) is 0.709. The van der Waals surface area contributed by atoms with Gasteiger partial charge in [-0.15, -0.1) is 0 Å². The lowest BCUT2D eigenvalue weighted by molar-refractivity contribution is 0.120. The number of likely N-dealkylation sites (N-methyl/N-ethyl adjacent to an activating group) is 1. The Hall–Kier alpha value is -2.26. The maximum absolute atomic E-state index is 6.22. The van der Waals surface area contributed by atoms with Gasteiger partial charge in [-0.05, 0) is 36.0 Å². The van der Waals surface area contributed by atoms with Crippen LogP contribution in [0.3, 0.4) is 0 Å². The molecule has 0 aliphatic carbocycles. The lowest BCUT2D eigenvalue weighted by atomic mass is 10.1. The first kappa shape index (κ1) is 12.5. The van der Waals surface area contributed by atoms with Crippen molar-refractivity contribution in [3.8, 4) is 5.75 Å². The van der Waals surface area contributed by atoms with E-state index < -0.39 is 0 Å². The van der Waals surface area contributed by atoms with Gasteiger partial charge in [0.05, 0.1) is 12.8 Å². The van der Waals surface area contributed by atoms with Crippen molar-refractivity contribution < 1.29 is 9.15 Å². The molecular weight excluding hydrogens is 262 g/mol. The molecule has 3 heteroatoms. The van der Waals surface area contributed by atoms with Gasteiger partial charge < -0.3 is 9.15 Å². The minimum Gasteiger partial charge on any atom is -0.484 e. The zero-order valence-electron chi connectivity index (χ0n) is 12.0. The minimum absolute atomic E-state index is 0.0265. The van der Waals surface area contributed by atoms with Gasteiger partial charge in [0.25, 0.3) is 0 Å². The molecular formula is C18H17NO2. The molecule has 0 spiro atoms. The van der Waals surface area contributed by atoms with E-state index in [1.165, 1.54) is 16.3 Å². The van der Waals surface area contributed by atoms with Gasteiger partial charge >= 0.3 is 0 Å². The molecule has 0 fully saturated rings. The number of furan rings is 1. The lowest BCUT2D eigenvalue weighted by Gasteiger charge is -2.29. The smallest absolute Gasteiger partial charge is 0.140 e. The Morgan fingerprint density at radius 1 is 1.10 bits per heavy atom. The Morgan fingerprint density at radius 2 is 1.95 bits per heavy atom. The summed E-state index contributed by atoms with van der Waals surface area (Å²) in [6, 6.07) is 16.6. The van der Waals surface area contributed by atoms with E-state index in [4.69, 9.17) is 9.15 Å². The summed E-state index contributed by atoms with van der Waals surface area (Å²) in [5, 5.41) is 2.43. The van der Waals surface area contributed by atoms with E-state index in [1.807, 2.05) is 12.1 Å². The molecule has 1 aromatic heterocycles. The first-order valence-electron chi connectivity index (χ1n) is 7.20. The third kappa shape index (κ3) is 2.30. The number of ether oxygens (including phenoxy) is 1.